The molecule has 0 amide bonds. The van der Waals surface area contributed by atoms with Gasteiger partial charge in [0.25, 0.3) is 0 Å². The molecule has 0 bridgehead atoms. The summed E-state index contributed by atoms with van der Waals surface area (Å²) in [7, 11) is -3.69. The molecule has 1 aliphatic carbocycles. The van der Waals surface area contributed by atoms with Crippen LogP contribution in [0.5, 0.6) is 0 Å². The third kappa shape index (κ3) is 3.05. The lowest BCUT2D eigenvalue weighted by atomic mass is 9.84. The molecule has 7 heteroatoms. The van der Waals surface area contributed by atoms with Crippen molar-refractivity contribution < 1.29 is 12.8 Å². The van der Waals surface area contributed by atoms with Crippen LogP contribution in [0.1, 0.15) is 30.4 Å². The number of sulfonamides is 1. The summed E-state index contributed by atoms with van der Waals surface area (Å²) in [6.45, 7) is 3.51. The molecule has 21 heavy (non-hydrogen) atoms. The summed E-state index contributed by atoms with van der Waals surface area (Å²) in [5.74, 6) is -0.580. The van der Waals surface area contributed by atoms with Crippen molar-refractivity contribution in [1.29, 1.82) is 0 Å². The molecule has 0 spiro atoms. The van der Waals surface area contributed by atoms with Crippen LogP contribution >= 0.6 is 11.8 Å². The second kappa shape index (κ2) is 5.78. The van der Waals surface area contributed by atoms with Crippen LogP contribution in [0.15, 0.2) is 11.0 Å². The molecule has 1 saturated carbocycles. The maximum absolute atomic E-state index is 13.6. The fourth-order valence-electron chi connectivity index (χ4n) is 2.67. The van der Waals surface area contributed by atoms with Crippen LogP contribution in [0.3, 0.4) is 0 Å². The van der Waals surface area contributed by atoms with Crippen molar-refractivity contribution in [2.24, 2.45) is 0 Å². The quantitative estimate of drug-likeness (QED) is 0.813. The Balaban J connectivity index is 2.30. The Labute approximate surface area is 129 Å². The second-order valence-electron chi connectivity index (χ2n) is 5.61. The van der Waals surface area contributed by atoms with E-state index < -0.39 is 15.8 Å². The lowest BCUT2D eigenvalue weighted by molar-refractivity contribution is 0.362. The normalized spacial score (nSPS) is 17.5. The van der Waals surface area contributed by atoms with Gasteiger partial charge in [0.2, 0.25) is 10.0 Å². The number of thioether (sulfide) groups is 1. The molecule has 0 aliphatic heterocycles. The van der Waals surface area contributed by atoms with Gasteiger partial charge in [-0.25, -0.2) is 17.5 Å². The van der Waals surface area contributed by atoms with E-state index in [1.165, 1.54) is 13.0 Å². The summed E-state index contributed by atoms with van der Waals surface area (Å²) in [6.07, 6.45) is 5.16. The first-order chi connectivity index (χ1) is 9.72. The summed E-state index contributed by atoms with van der Waals surface area (Å²) < 4.78 is 41.3. The Kier molecular flexibility index (Phi) is 4.56. The first-order valence-corrected chi connectivity index (χ1v) is 9.53. The van der Waals surface area contributed by atoms with Gasteiger partial charge in [0.05, 0.1) is 10.6 Å². The molecule has 1 aromatic rings. The number of nitrogen functional groups attached to an aromatic ring is 1. The second-order valence-corrected chi connectivity index (χ2v) is 8.59. The number of hydrogen-bond donors (Lipinski definition) is 2. The summed E-state index contributed by atoms with van der Waals surface area (Å²) >= 11 is 1.70. The summed E-state index contributed by atoms with van der Waals surface area (Å²) in [6, 6.07) is 1.17. The van der Waals surface area contributed by atoms with E-state index in [-0.39, 0.29) is 20.9 Å². The predicted molar refractivity (Wildman–Crippen MR) is 85.6 cm³/mol. The van der Waals surface area contributed by atoms with E-state index in [1.807, 2.05) is 6.26 Å². The fourth-order valence-corrected chi connectivity index (χ4v) is 5.28. The molecule has 0 aromatic heterocycles. The van der Waals surface area contributed by atoms with E-state index >= 15 is 0 Å². The highest BCUT2D eigenvalue weighted by Gasteiger charge is 2.37. The minimum absolute atomic E-state index is 0.000451. The lowest BCUT2D eigenvalue weighted by Gasteiger charge is -2.40. The topological polar surface area (TPSA) is 72.2 Å². The number of rotatable bonds is 5. The van der Waals surface area contributed by atoms with Gasteiger partial charge in [-0.15, -0.1) is 0 Å². The first-order valence-electron chi connectivity index (χ1n) is 6.82. The maximum Gasteiger partial charge on any atom is 0.241 e. The van der Waals surface area contributed by atoms with Gasteiger partial charge in [0.1, 0.15) is 5.82 Å². The van der Waals surface area contributed by atoms with Crippen molar-refractivity contribution in [2.45, 2.75) is 42.8 Å². The average molecular weight is 332 g/mol. The molecular weight excluding hydrogens is 311 g/mol. The minimum atomic E-state index is -3.69. The standard InChI is InChI=1S/C14H21FN2O2S2/c1-9-7-11(15)12(16)10(2)13(9)21(18,19)17-8-14(20-3)5-4-6-14/h7,17H,4-6,8,16H2,1-3H3. The molecule has 0 radical (unpaired) electrons. The number of hydrogen-bond acceptors (Lipinski definition) is 4. The molecule has 0 unspecified atom stereocenters. The molecule has 118 valence electrons. The van der Waals surface area contributed by atoms with E-state index in [9.17, 15) is 12.8 Å². The summed E-state index contributed by atoms with van der Waals surface area (Å²) in [5, 5.41) is 0. The highest BCUT2D eigenvalue weighted by atomic mass is 32.2. The number of aryl methyl sites for hydroxylation is 1. The van der Waals surface area contributed by atoms with Gasteiger partial charge >= 0.3 is 0 Å². The van der Waals surface area contributed by atoms with E-state index in [2.05, 4.69) is 4.72 Å². The van der Waals surface area contributed by atoms with E-state index in [0.717, 1.165) is 19.3 Å². The smallest absolute Gasteiger partial charge is 0.241 e. The van der Waals surface area contributed by atoms with Gasteiger partial charge in [0, 0.05) is 11.3 Å². The Hall–Kier alpha value is -0.790. The molecule has 1 fully saturated rings. The van der Waals surface area contributed by atoms with Crippen LogP contribution in [-0.2, 0) is 10.0 Å². The van der Waals surface area contributed by atoms with Gasteiger partial charge in [-0.3, -0.25) is 0 Å². The van der Waals surface area contributed by atoms with Crippen LogP contribution in [0.4, 0.5) is 10.1 Å². The number of benzene rings is 1. The van der Waals surface area contributed by atoms with Crippen molar-refractivity contribution in [3.8, 4) is 0 Å². The molecule has 2 rings (SSSR count). The van der Waals surface area contributed by atoms with Gasteiger partial charge in [-0.1, -0.05) is 6.42 Å². The number of nitrogens with two attached hydrogens (primary N) is 1. The highest BCUT2D eigenvalue weighted by Crippen LogP contribution is 2.42. The van der Waals surface area contributed by atoms with E-state index in [4.69, 9.17) is 5.73 Å². The molecule has 1 aliphatic rings. The monoisotopic (exact) mass is 332 g/mol. The average Bonchev–Trinajstić information content (AvgIpc) is 2.35. The van der Waals surface area contributed by atoms with Crippen LogP contribution < -0.4 is 10.5 Å². The number of nitrogens with one attached hydrogen (secondary N) is 1. The predicted octanol–water partition coefficient (Wildman–Crippen LogP) is 2.59. The summed E-state index contributed by atoms with van der Waals surface area (Å²) in [4.78, 5) is 0.0944. The zero-order valence-electron chi connectivity index (χ0n) is 12.5. The maximum atomic E-state index is 13.6. The van der Waals surface area contributed by atoms with Gasteiger partial charge in [-0.05, 0) is 50.1 Å². The molecule has 0 heterocycles. The number of anilines is 1. The molecule has 3 N–H and O–H groups in total. The summed E-state index contributed by atoms with van der Waals surface area (Å²) in [5.41, 5.74) is 6.16. The van der Waals surface area contributed by atoms with E-state index in [1.54, 1.807) is 18.7 Å². The van der Waals surface area contributed by atoms with Gasteiger partial charge in [-0.2, -0.15) is 11.8 Å². The largest absolute Gasteiger partial charge is 0.396 e. The Morgan fingerprint density at radius 1 is 1.43 bits per heavy atom. The van der Waals surface area contributed by atoms with Crippen molar-refractivity contribution in [3.63, 3.8) is 0 Å². The molecule has 1 aromatic carbocycles. The zero-order valence-corrected chi connectivity index (χ0v) is 14.1. The lowest BCUT2D eigenvalue weighted by Crippen LogP contribution is -2.45. The third-order valence-corrected chi connectivity index (χ3v) is 7.36. The minimum Gasteiger partial charge on any atom is -0.396 e. The molecule has 0 atom stereocenters. The first kappa shape index (κ1) is 16.6. The number of halogens is 1. The van der Waals surface area contributed by atoms with Crippen LogP contribution in [-0.4, -0.2) is 26.0 Å². The molecule has 0 saturated heterocycles. The molecule has 4 nitrogen and oxygen atoms in total. The Morgan fingerprint density at radius 3 is 2.52 bits per heavy atom. The van der Waals surface area contributed by atoms with Gasteiger partial charge < -0.3 is 5.73 Å². The van der Waals surface area contributed by atoms with Crippen molar-refractivity contribution >= 4 is 27.5 Å². The Morgan fingerprint density at radius 2 is 2.05 bits per heavy atom. The Bertz CT molecular complexity index is 650. The van der Waals surface area contributed by atoms with Crippen LogP contribution in [0.25, 0.3) is 0 Å². The van der Waals surface area contributed by atoms with Crippen molar-refractivity contribution in [3.05, 3.63) is 23.0 Å². The highest BCUT2D eigenvalue weighted by molar-refractivity contribution is 8.00. The molecular formula is C14H21FN2O2S2. The van der Waals surface area contributed by atoms with Crippen LogP contribution in [0.2, 0.25) is 0 Å². The van der Waals surface area contributed by atoms with Crippen molar-refractivity contribution in [2.75, 3.05) is 18.5 Å². The fraction of sp³-hybridized carbons (Fsp3) is 0.571. The van der Waals surface area contributed by atoms with Gasteiger partial charge in [0.15, 0.2) is 0 Å². The van der Waals surface area contributed by atoms with Crippen molar-refractivity contribution in [1.82, 2.24) is 4.72 Å². The third-order valence-electron chi connectivity index (χ3n) is 4.25. The SMILES string of the molecule is CSC1(CNS(=O)(=O)c2c(C)cc(F)c(N)c2C)CCC1. The zero-order chi connectivity index (χ0) is 15.8. The van der Waals surface area contributed by atoms with E-state index in [0.29, 0.717) is 12.1 Å². The van der Waals surface area contributed by atoms with Crippen LogP contribution in [0, 0.1) is 19.7 Å².